The third-order valence-electron chi connectivity index (χ3n) is 2.78. The maximum absolute atomic E-state index is 12.1. The first-order valence-corrected chi connectivity index (χ1v) is 8.51. The van der Waals surface area contributed by atoms with Crippen LogP contribution >= 0.6 is 11.3 Å². The smallest absolute Gasteiger partial charge is 0.240 e. The summed E-state index contributed by atoms with van der Waals surface area (Å²) < 4.78 is 26.7. The highest BCUT2D eigenvalue weighted by Gasteiger charge is 2.14. The van der Waals surface area contributed by atoms with Crippen molar-refractivity contribution >= 4 is 32.3 Å². The van der Waals surface area contributed by atoms with Crippen molar-refractivity contribution in [2.45, 2.75) is 18.4 Å². The maximum atomic E-state index is 12.1. The van der Waals surface area contributed by atoms with Gasteiger partial charge in [-0.1, -0.05) is 12.1 Å². The van der Waals surface area contributed by atoms with Crippen LogP contribution in [0.2, 0.25) is 0 Å². The van der Waals surface area contributed by atoms with Crippen LogP contribution in [0.1, 0.15) is 23.0 Å². The standard InChI is InChI=1S/C13H15N3O3S2/c1-9(17)10-3-5-12(6-4-10)21(18,19)15-7-11-8-20-13(14-2)16-11/h3-6,8,15H,7H2,1-2H3,(H,14,16). The van der Waals surface area contributed by atoms with Gasteiger partial charge in [0.1, 0.15) is 0 Å². The molecular formula is C13H15N3O3S2. The third-order valence-corrected chi connectivity index (χ3v) is 5.11. The second-order valence-corrected chi connectivity index (χ2v) is 6.92. The Morgan fingerprint density at radius 2 is 1.95 bits per heavy atom. The van der Waals surface area contributed by atoms with Gasteiger partial charge in [-0.15, -0.1) is 11.3 Å². The number of hydrogen-bond acceptors (Lipinski definition) is 6. The summed E-state index contributed by atoms with van der Waals surface area (Å²) in [4.78, 5) is 15.5. The molecule has 2 N–H and O–H groups in total. The van der Waals surface area contributed by atoms with Crippen LogP contribution in [0.25, 0.3) is 0 Å². The SMILES string of the molecule is CNc1nc(CNS(=O)(=O)c2ccc(C(C)=O)cc2)cs1. The van der Waals surface area contributed by atoms with Gasteiger partial charge in [0.15, 0.2) is 10.9 Å². The lowest BCUT2D eigenvalue weighted by atomic mass is 10.2. The van der Waals surface area contributed by atoms with E-state index in [2.05, 4.69) is 15.0 Å². The van der Waals surface area contributed by atoms with E-state index in [1.165, 1.54) is 42.5 Å². The molecule has 0 aliphatic carbocycles. The zero-order chi connectivity index (χ0) is 15.5. The fourth-order valence-corrected chi connectivity index (χ4v) is 3.29. The number of nitrogens with zero attached hydrogens (tertiary/aromatic N) is 1. The second-order valence-electron chi connectivity index (χ2n) is 4.30. The van der Waals surface area contributed by atoms with Crippen LogP contribution in [-0.2, 0) is 16.6 Å². The van der Waals surface area contributed by atoms with Crippen LogP contribution in [-0.4, -0.2) is 26.2 Å². The van der Waals surface area contributed by atoms with Crippen molar-refractivity contribution in [3.8, 4) is 0 Å². The first-order valence-electron chi connectivity index (χ1n) is 6.15. The predicted molar refractivity (Wildman–Crippen MR) is 82.1 cm³/mol. The Hall–Kier alpha value is -1.77. The van der Waals surface area contributed by atoms with Gasteiger partial charge in [-0.3, -0.25) is 4.79 Å². The molecule has 0 spiro atoms. The van der Waals surface area contributed by atoms with Crippen molar-refractivity contribution in [1.29, 1.82) is 0 Å². The van der Waals surface area contributed by atoms with E-state index in [9.17, 15) is 13.2 Å². The molecule has 6 nitrogen and oxygen atoms in total. The number of ketones is 1. The van der Waals surface area contributed by atoms with E-state index in [0.717, 1.165) is 5.13 Å². The molecule has 0 fully saturated rings. The lowest BCUT2D eigenvalue weighted by Crippen LogP contribution is -2.23. The third kappa shape index (κ3) is 3.87. The molecule has 0 radical (unpaired) electrons. The Morgan fingerprint density at radius 3 is 2.48 bits per heavy atom. The fraction of sp³-hybridized carbons (Fsp3) is 0.231. The van der Waals surface area contributed by atoms with Gasteiger partial charge in [-0.2, -0.15) is 0 Å². The lowest BCUT2D eigenvalue weighted by Gasteiger charge is -2.06. The number of aromatic nitrogens is 1. The first kappa shape index (κ1) is 15.6. The summed E-state index contributed by atoms with van der Waals surface area (Å²) in [6.45, 7) is 1.55. The van der Waals surface area contributed by atoms with Crippen LogP contribution < -0.4 is 10.0 Å². The molecule has 0 atom stereocenters. The van der Waals surface area contributed by atoms with E-state index in [0.29, 0.717) is 11.3 Å². The van der Waals surface area contributed by atoms with Gasteiger partial charge in [0.05, 0.1) is 17.1 Å². The molecule has 0 unspecified atom stereocenters. The van der Waals surface area contributed by atoms with Gasteiger partial charge in [0.25, 0.3) is 0 Å². The van der Waals surface area contributed by atoms with Crippen molar-refractivity contribution in [3.05, 3.63) is 40.9 Å². The largest absolute Gasteiger partial charge is 0.365 e. The Kier molecular flexibility index (Phi) is 4.71. The number of sulfonamides is 1. The zero-order valence-corrected chi connectivity index (χ0v) is 13.2. The minimum Gasteiger partial charge on any atom is -0.365 e. The van der Waals surface area contributed by atoms with E-state index in [1.54, 1.807) is 12.4 Å². The van der Waals surface area contributed by atoms with Crippen molar-refractivity contribution in [2.24, 2.45) is 0 Å². The van der Waals surface area contributed by atoms with Crippen molar-refractivity contribution < 1.29 is 13.2 Å². The molecule has 0 aliphatic rings. The number of thiazole rings is 1. The molecule has 2 aromatic rings. The molecule has 0 bridgehead atoms. The Balaban J connectivity index is 2.09. The Bertz CT molecular complexity index is 736. The van der Waals surface area contributed by atoms with Crippen molar-refractivity contribution in [2.75, 3.05) is 12.4 Å². The summed E-state index contributed by atoms with van der Waals surface area (Å²) in [6.07, 6.45) is 0. The van der Waals surface area contributed by atoms with Gasteiger partial charge < -0.3 is 5.32 Å². The molecule has 8 heteroatoms. The number of nitrogens with one attached hydrogen (secondary N) is 2. The summed E-state index contributed by atoms with van der Waals surface area (Å²) in [5.74, 6) is -0.103. The minimum absolute atomic E-state index is 0.103. The quantitative estimate of drug-likeness (QED) is 0.792. The number of hydrogen-bond donors (Lipinski definition) is 2. The molecular weight excluding hydrogens is 310 g/mol. The number of rotatable bonds is 6. The number of benzene rings is 1. The maximum Gasteiger partial charge on any atom is 0.240 e. The number of carbonyl (C=O) groups is 1. The number of Topliss-reactive ketones (excluding diaryl/α,β-unsaturated/α-hetero) is 1. The summed E-state index contributed by atoms with van der Waals surface area (Å²) in [6, 6.07) is 5.83. The van der Waals surface area contributed by atoms with Crippen LogP contribution in [0, 0.1) is 0 Å². The summed E-state index contributed by atoms with van der Waals surface area (Å²) in [5, 5.41) is 5.41. The normalized spacial score (nSPS) is 11.3. The summed E-state index contributed by atoms with van der Waals surface area (Å²) in [7, 11) is -1.86. The van der Waals surface area contributed by atoms with Gasteiger partial charge >= 0.3 is 0 Å². The van der Waals surface area contributed by atoms with Crippen molar-refractivity contribution in [3.63, 3.8) is 0 Å². The molecule has 1 heterocycles. The molecule has 112 valence electrons. The second kappa shape index (κ2) is 6.33. The average Bonchev–Trinajstić information content (AvgIpc) is 2.93. The van der Waals surface area contributed by atoms with Gasteiger partial charge in [0.2, 0.25) is 10.0 Å². The van der Waals surface area contributed by atoms with E-state index < -0.39 is 10.0 Å². The zero-order valence-electron chi connectivity index (χ0n) is 11.6. The van der Waals surface area contributed by atoms with Crippen molar-refractivity contribution in [1.82, 2.24) is 9.71 Å². The van der Waals surface area contributed by atoms with Crippen LogP contribution in [0.15, 0.2) is 34.5 Å². The summed E-state index contributed by atoms with van der Waals surface area (Å²) in [5.41, 5.74) is 1.13. The van der Waals surface area contributed by atoms with Gasteiger partial charge in [-0.05, 0) is 19.1 Å². The van der Waals surface area contributed by atoms with E-state index in [4.69, 9.17) is 0 Å². The molecule has 0 saturated carbocycles. The van der Waals surface area contributed by atoms with Crippen LogP contribution in [0.3, 0.4) is 0 Å². The topological polar surface area (TPSA) is 88.2 Å². The van der Waals surface area contributed by atoms with E-state index in [1.807, 2.05) is 0 Å². The van der Waals surface area contributed by atoms with E-state index >= 15 is 0 Å². The molecule has 0 aliphatic heterocycles. The molecule has 0 saturated heterocycles. The minimum atomic E-state index is -3.62. The molecule has 21 heavy (non-hydrogen) atoms. The fourth-order valence-electron chi connectivity index (χ4n) is 1.62. The highest BCUT2D eigenvalue weighted by molar-refractivity contribution is 7.89. The Morgan fingerprint density at radius 1 is 1.29 bits per heavy atom. The molecule has 2 rings (SSSR count). The van der Waals surface area contributed by atoms with E-state index in [-0.39, 0.29) is 17.2 Å². The van der Waals surface area contributed by atoms with Crippen LogP contribution in [0.4, 0.5) is 5.13 Å². The Labute approximate surface area is 127 Å². The average molecular weight is 325 g/mol. The number of anilines is 1. The molecule has 1 aromatic carbocycles. The highest BCUT2D eigenvalue weighted by Crippen LogP contribution is 2.15. The van der Waals surface area contributed by atoms with Crippen LogP contribution in [0.5, 0.6) is 0 Å². The number of carbonyl (C=O) groups excluding carboxylic acids is 1. The van der Waals surface area contributed by atoms with Gasteiger partial charge in [0, 0.05) is 18.0 Å². The predicted octanol–water partition coefficient (Wildman–Crippen LogP) is 1.87. The molecule has 1 aromatic heterocycles. The summed E-state index contributed by atoms with van der Waals surface area (Å²) >= 11 is 1.41. The lowest BCUT2D eigenvalue weighted by molar-refractivity contribution is 0.101. The van der Waals surface area contributed by atoms with Gasteiger partial charge in [-0.25, -0.2) is 18.1 Å². The monoisotopic (exact) mass is 325 g/mol. The highest BCUT2D eigenvalue weighted by atomic mass is 32.2. The first-order chi connectivity index (χ1) is 9.92. The molecule has 0 amide bonds.